The van der Waals surface area contributed by atoms with E-state index in [0.717, 1.165) is 32.1 Å². The van der Waals surface area contributed by atoms with Gasteiger partial charge in [-0.2, -0.15) is 0 Å². The van der Waals surface area contributed by atoms with E-state index in [1.807, 2.05) is 6.92 Å². The van der Waals surface area contributed by atoms with Gasteiger partial charge in [-0.15, -0.1) is 24.0 Å². The predicted molar refractivity (Wildman–Crippen MR) is 106 cm³/mol. The lowest BCUT2D eigenvalue weighted by molar-refractivity contribution is 0.0778. The molecule has 138 valence electrons. The second kappa shape index (κ2) is 10.9. The molecule has 1 aliphatic rings. The van der Waals surface area contributed by atoms with Crippen LogP contribution in [0.4, 0.5) is 0 Å². The van der Waals surface area contributed by atoms with Crippen LogP contribution in [-0.2, 0) is 4.74 Å². The summed E-state index contributed by atoms with van der Waals surface area (Å²) in [5, 5.41) is 16.5. The highest BCUT2D eigenvalue weighted by atomic mass is 127. The molecule has 0 spiro atoms. The van der Waals surface area contributed by atoms with Crippen molar-refractivity contribution in [2.24, 2.45) is 10.4 Å². The fourth-order valence-corrected chi connectivity index (χ4v) is 2.85. The molecule has 1 aromatic rings. The van der Waals surface area contributed by atoms with Gasteiger partial charge in [-0.3, -0.25) is 4.99 Å². The van der Waals surface area contributed by atoms with Crippen LogP contribution in [0.15, 0.2) is 27.8 Å². The van der Waals surface area contributed by atoms with Gasteiger partial charge in [0.05, 0.1) is 12.8 Å². The van der Waals surface area contributed by atoms with Gasteiger partial charge >= 0.3 is 0 Å². The number of halogens is 1. The summed E-state index contributed by atoms with van der Waals surface area (Å²) in [6.07, 6.45) is 5.65. The SMILES string of the molecule is CCNC(=NCC1(CCOC)CCC1)NCC(O)c1ccco1.I. The van der Waals surface area contributed by atoms with Crippen molar-refractivity contribution in [3.05, 3.63) is 24.2 Å². The monoisotopic (exact) mass is 451 g/mol. The van der Waals surface area contributed by atoms with Crippen LogP contribution in [-0.4, -0.2) is 44.4 Å². The largest absolute Gasteiger partial charge is 0.467 e. The summed E-state index contributed by atoms with van der Waals surface area (Å²) < 4.78 is 10.4. The Kier molecular flexibility index (Phi) is 9.68. The molecule has 0 aromatic carbocycles. The third-order valence-electron chi connectivity index (χ3n) is 4.50. The summed E-state index contributed by atoms with van der Waals surface area (Å²) in [5.74, 6) is 1.30. The molecule has 0 saturated heterocycles. The van der Waals surface area contributed by atoms with E-state index in [1.54, 1.807) is 25.5 Å². The number of aliphatic hydroxyl groups excluding tert-OH is 1. The maximum absolute atomic E-state index is 10.1. The van der Waals surface area contributed by atoms with Crippen molar-refractivity contribution in [3.63, 3.8) is 0 Å². The highest BCUT2D eigenvalue weighted by Crippen LogP contribution is 2.44. The summed E-state index contributed by atoms with van der Waals surface area (Å²) >= 11 is 0. The topological polar surface area (TPSA) is 79.0 Å². The number of furan rings is 1. The first-order valence-corrected chi connectivity index (χ1v) is 8.42. The van der Waals surface area contributed by atoms with Gasteiger partial charge in [-0.1, -0.05) is 6.42 Å². The quantitative estimate of drug-likeness (QED) is 0.306. The van der Waals surface area contributed by atoms with Crippen LogP contribution in [0.25, 0.3) is 0 Å². The maximum atomic E-state index is 10.1. The molecule has 1 saturated carbocycles. The maximum Gasteiger partial charge on any atom is 0.191 e. The molecule has 1 unspecified atom stereocenters. The molecule has 3 N–H and O–H groups in total. The standard InChI is InChI=1S/C17H29N3O3.HI/c1-3-18-16(19-12-14(21)15-6-4-10-23-15)20-13-17(7-5-8-17)9-11-22-2;/h4,6,10,14,21H,3,5,7-9,11-13H2,1-2H3,(H2,18,19,20);1H. The van der Waals surface area contributed by atoms with Crippen molar-refractivity contribution < 1.29 is 14.3 Å². The highest BCUT2D eigenvalue weighted by molar-refractivity contribution is 14.0. The Morgan fingerprint density at radius 2 is 2.25 bits per heavy atom. The fraction of sp³-hybridized carbons (Fsp3) is 0.706. The number of aliphatic hydroxyl groups is 1. The highest BCUT2D eigenvalue weighted by Gasteiger charge is 2.36. The number of methoxy groups -OCH3 is 1. The van der Waals surface area contributed by atoms with E-state index in [-0.39, 0.29) is 29.4 Å². The van der Waals surface area contributed by atoms with Crippen molar-refractivity contribution in [3.8, 4) is 0 Å². The van der Waals surface area contributed by atoms with Crippen LogP contribution < -0.4 is 10.6 Å². The average molecular weight is 451 g/mol. The van der Waals surface area contributed by atoms with Crippen LogP contribution in [0, 0.1) is 5.41 Å². The van der Waals surface area contributed by atoms with Crippen molar-refractivity contribution in [1.29, 1.82) is 0 Å². The molecule has 0 aliphatic heterocycles. The van der Waals surface area contributed by atoms with Crippen LogP contribution in [0.2, 0.25) is 0 Å². The lowest BCUT2D eigenvalue weighted by atomic mass is 9.67. The van der Waals surface area contributed by atoms with Gasteiger partial charge in [-0.05, 0) is 43.7 Å². The van der Waals surface area contributed by atoms with E-state index in [2.05, 4.69) is 10.6 Å². The smallest absolute Gasteiger partial charge is 0.191 e. The Hall–Kier alpha value is -0.800. The molecule has 0 bridgehead atoms. The van der Waals surface area contributed by atoms with Gasteiger partial charge in [0.1, 0.15) is 11.9 Å². The molecule has 1 aromatic heterocycles. The van der Waals surface area contributed by atoms with Crippen LogP contribution in [0.5, 0.6) is 0 Å². The van der Waals surface area contributed by atoms with E-state index in [1.165, 1.54) is 19.3 Å². The number of nitrogens with one attached hydrogen (secondary N) is 2. The number of ether oxygens (including phenoxy) is 1. The molecular weight excluding hydrogens is 421 g/mol. The molecule has 7 heteroatoms. The first-order valence-electron chi connectivity index (χ1n) is 8.42. The Bertz CT molecular complexity index is 475. The van der Waals surface area contributed by atoms with E-state index in [4.69, 9.17) is 14.1 Å². The van der Waals surface area contributed by atoms with Gasteiger partial charge in [0.2, 0.25) is 0 Å². The molecule has 24 heavy (non-hydrogen) atoms. The molecule has 1 aliphatic carbocycles. The normalized spacial score (nSPS) is 17.5. The fourth-order valence-electron chi connectivity index (χ4n) is 2.85. The first kappa shape index (κ1) is 21.2. The van der Waals surface area contributed by atoms with E-state index < -0.39 is 6.10 Å². The van der Waals surface area contributed by atoms with Crippen molar-refractivity contribution in [1.82, 2.24) is 10.6 Å². The van der Waals surface area contributed by atoms with Crippen molar-refractivity contribution in [2.75, 3.05) is 33.4 Å². The molecule has 6 nitrogen and oxygen atoms in total. The Morgan fingerprint density at radius 1 is 1.46 bits per heavy atom. The molecule has 2 rings (SSSR count). The minimum atomic E-state index is -0.681. The minimum Gasteiger partial charge on any atom is -0.467 e. The predicted octanol–water partition coefficient (Wildman–Crippen LogP) is 2.69. The number of rotatable bonds is 9. The van der Waals surface area contributed by atoms with Gasteiger partial charge in [-0.25, -0.2) is 0 Å². The Balaban J connectivity index is 0.00000288. The van der Waals surface area contributed by atoms with E-state index >= 15 is 0 Å². The first-order chi connectivity index (χ1) is 11.2. The lowest BCUT2D eigenvalue weighted by Gasteiger charge is -2.40. The second-order valence-electron chi connectivity index (χ2n) is 6.20. The zero-order valence-corrected chi connectivity index (χ0v) is 16.9. The van der Waals surface area contributed by atoms with Crippen LogP contribution in [0.3, 0.4) is 0 Å². The van der Waals surface area contributed by atoms with Gasteiger partial charge in [0.25, 0.3) is 0 Å². The number of aliphatic imine (C=N–C) groups is 1. The third kappa shape index (κ3) is 6.25. The third-order valence-corrected chi connectivity index (χ3v) is 4.50. The minimum absolute atomic E-state index is 0. The number of hydrogen-bond acceptors (Lipinski definition) is 4. The van der Waals surface area contributed by atoms with E-state index in [9.17, 15) is 5.11 Å². The summed E-state index contributed by atoms with van der Waals surface area (Å²) in [6, 6.07) is 3.54. The summed E-state index contributed by atoms with van der Waals surface area (Å²) in [6.45, 7) is 4.77. The molecule has 1 atom stereocenters. The number of nitrogens with zero attached hydrogens (tertiary/aromatic N) is 1. The molecule has 0 radical (unpaired) electrons. The number of hydrogen-bond donors (Lipinski definition) is 3. The zero-order chi connectivity index (χ0) is 16.5. The lowest BCUT2D eigenvalue weighted by Crippen LogP contribution is -2.41. The second-order valence-corrected chi connectivity index (χ2v) is 6.20. The van der Waals surface area contributed by atoms with Gasteiger partial charge in [0.15, 0.2) is 5.96 Å². The molecule has 1 fully saturated rings. The van der Waals surface area contributed by atoms with Crippen molar-refractivity contribution in [2.45, 2.75) is 38.7 Å². The van der Waals surface area contributed by atoms with E-state index in [0.29, 0.717) is 12.3 Å². The van der Waals surface area contributed by atoms with Gasteiger partial charge < -0.3 is 24.9 Å². The zero-order valence-electron chi connectivity index (χ0n) is 14.6. The summed E-state index contributed by atoms with van der Waals surface area (Å²) in [5.41, 5.74) is 0.290. The number of guanidine groups is 1. The summed E-state index contributed by atoms with van der Waals surface area (Å²) in [7, 11) is 1.75. The molecular formula is C17H30IN3O3. The van der Waals surface area contributed by atoms with Crippen LogP contribution in [0.1, 0.15) is 44.5 Å². The molecule has 1 heterocycles. The van der Waals surface area contributed by atoms with Crippen LogP contribution >= 0.6 is 24.0 Å². The van der Waals surface area contributed by atoms with Gasteiger partial charge in [0, 0.05) is 26.8 Å². The Labute approximate surface area is 161 Å². The summed E-state index contributed by atoms with van der Waals surface area (Å²) in [4.78, 5) is 4.71. The Morgan fingerprint density at radius 3 is 2.79 bits per heavy atom. The average Bonchev–Trinajstić information content (AvgIpc) is 3.05. The molecule has 0 amide bonds. The van der Waals surface area contributed by atoms with Crippen molar-refractivity contribution >= 4 is 29.9 Å².